The Morgan fingerprint density at radius 3 is 2.00 bits per heavy atom. The van der Waals surface area contributed by atoms with Crippen LogP contribution >= 0.6 is 0 Å². The van der Waals surface area contributed by atoms with E-state index in [9.17, 15) is 4.79 Å². The van der Waals surface area contributed by atoms with Crippen LogP contribution in [0.3, 0.4) is 0 Å². The Morgan fingerprint density at radius 2 is 1.50 bits per heavy atom. The number of para-hydroxylation sites is 4. The largest absolute Gasteiger partial charge is 0.453 e. The van der Waals surface area contributed by atoms with Gasteiger partial charge in [0.05, 0.1) is 17.9 Å². The second-order valence-corrected chi connectivity index (χ2v) is 4.33. The topological polar surface area (TPSA) is 29.5 Å². The monoisotopic (exact) mass is 239 g/mol. The van der Waals surface area contributed by atoms with Crippen molar-refractivity contribution in [1.82, 2.24) is 0 Å². The molecule has 1 aliphatic heterocycles. The molecular formula is C15H13NO2. The smallest absolute Gasteiger partial charge is 0.151 e. The van der Waals surface area contributed by atoms with Crippen molar-refractivity contribution in [3.63, 3.8) is 0 Å². The zero-order valence-corrected chi connectivity index (χ0v) is 10.1. The highest BCUT2D eigenvalue weighted by Gasteiger charge is 2.24. The molecule has 0 aromatic heterocycles. The van der Waals surface area contributed by atoms with Crippen LogP contribution in [0.25, 0.3) is 0 Å². The molecule has 0 unspecified atom stereocenters. The minimum Gasteiger partial charge on any atom is -0.453 e. The summed E-state index contributed by atoms with van der Waals surface area (Å²) >= 11 is 0. The van der Waals surface area contributed by atoms with E-state index < -0.39 is 0 Å². The lowest BCUT2D eigenvalue weighted by Crippen LogP contribution is -2.26. The Hall–Kier alpha value is -2.29. The fourth-order valence-corrected chi connectivity index (χ4v) is 2.17. The SMILES string of the molecule is CC(=O)CN1c2ccccc2Oc2ccccc21. The molecule has 0 saturated heterocycles. The highest BCUT2D eigenvalue weighted by atomic mass is 16.5. The average molecular weight is 239 g/mol. The number of nitrogens with zero attached hydrogens (tertiary/aromatic N) is 1. The maximum Gasteiger partial charge on any atom is 0.151 e. The number of carbonyl (C=O) groups is 1. The lowest BCUT2D eigenvalue weighted by Gasteiger charge is -2.31. The Balaban J connectivity index is 2.14. The summed E-state index contributed by atoms with van der Waals surface area (Å²) in [5.74, 6) is 1.71. The third-order valence-corrected chi connectivity index (χ3v) is 2.91. The second kappa shape index (κ2) is 4.18. The van der Waals surface area contributed by atoms with Crippen molar-refractivity contribution in [2.75, 3.05) is 11.4 Å². The number of ketones is 1. The predicted octanol–water partition coefficient (Wildman–Crippen LogP) is 3.52. The summed E-state index contributed by atoms with van der Waals surface area (Å²) in [5, 5.41) is 0. The van der Waals surface area contributed by atoms with Crippen LogP contribution in [0.5, 0.6) is 11.5 Å². The molecule has 0 radical (unpaired) electrons. The fraction of sp³-hybridized carbons (Fsp3) is 0.133. The van der Waals surface area contributed by atoms with Gasteiger partial charge in [-0.05, 0) is 31.2 Å². The number of fused-ring (bicyclic) bond motifs is 2. The van der Waals surface area contributed by atoms with Crippen LogP contribution in [0.15, 0.2) is 48.5 Å². The van der Waals surface area contributed by atoms with Gasteiger partial charge in [-0.1, -0.05) is 24.3 Å². The van der Waals surface area contributed by atoms with Crippen LogP contribution < -0.4 is 9.64 Å². The first kappa shape index (κ1) is 10.8. The first-order chi connectivity index (χ1) is 8.75. The normalized spacial score (nSPS) is 12.4. The average Bonchev–Trinajstić information content (AvgIpc) is 2.38. The van der Waals surface area contributed by atoms with Crippen molar-refractivity contribution in [1.29, 1.82) is 0 Å². The number of hydrogen-bond acceptors (Lipinski definition) is 3. The summed E-state index contributed by atoms with van der Waals surface area (Å²) in [5.41, 5.74) is 1.87. The molecular weight excluding hydrogens is 226 g/mol. The van der Waals surface area contributed by atoms with Crippen molar-refractivity contribution in [3.05, 3.63) is 48.5 Å². The summed E-state index contributed by atoms with van der Waals surface area (Å²) in [6, 6.07) is 15.5. The van der Waals surface area contributed by atoms with E-state index in [1.54, 1.807) is 6.92 Å². The van der Waals surface area contributed by atoms with Gasteiger partial charge in [0.1, 0.15) is 5.78 Å². The Bertz CT molecular complexity index is 561. The first-order valence-electron chi connectivity index (χ1n) is 5.88. The molecule has 3 rings (SSSR count). The van der Waals surface area contributed by atoms with Gasteiger partial charge < -0.3 is 9.64 Å². The molecule has 1 aliphatic rings. The van der Waals surface area contributed by atoms with Gasteiger partial charge in [0.15, 0.2) is 11.5 Å². The number of rotatable bonds is 2. The van der Waals surface area contributed by atoms with Crippen LogP contribution in [0.2, 0.25) is 0 Å². The first-order valence-corrected chi connectivity index (χ1v) is 5.88. The lowest BCUT2D eigenvalue weighted by molar-refractivity contribution is -0.115. The minimum atomic E-state index is 0.126. The fourth-order valence-electron chi connectivity index (χ4n) is 2.17. The van der Waals surface area contributed by atoms with Crippen molar-refractivity contribution in [3.8, 4) is 11.5 Å². The van der Waals surface area contributed by atoms with Gasteiger partial charge in [0, 0.05) is 0 Å². The Kier molecular flexibility index (Phi) is 2.52. The van der Waals surface area contributed by atoms with Gasteiger partial charge in [-0.3, -0.25) is 4.79 Å². The molecule has 0 spiro atoms. The van der Waals surface area contributed by atoms with E-state index in [4.69, 9.17) is 4.74 Å². The molecule has 0 N–H and O–H groups in total. The van der Waals surface area contributed by atoms with Crippen LogP contribution in [-0.4, -0.2) is 12.3 Å². The van der Waals surface area contributed by atoms with E-state index in [0.29, 0.717) is 6.54 Å². The van der Waals surface area contributed by atoms with Crippen molar-refractivity contribution < 1.29 is 9.53 Å². The van der Waals surface area contributed by atoms with Crippen molar-refractivity contribution in [2.24, 2.45) is 0 Å². The summed E-state index contributed by atoms with van der Waals surface area (Å²) in [6.07, 6.45) is 0. The zero-order valence-electron chi connectivity index (χ0n) is 10.1. The molecule has 0 fully saturated rings. The van der Waals surface area contributed by atoms with E-state index in [1.807, 2.05) is 53.4 Å². The van der Waals surface area contributed by atoms with E-state index in [-0.39, 0.29) is 5.78 Å². The highest BCUT2D eigenvalue weighted by molar-refractivity contribution is 5.88. The van der Waals surface area contributed by atoms with Gasteiger partial charge >= 0.3 is 0 Å². The van der Waals surface area contributed by atoms with Crippen LogP contribution in [0.4, 0.5) is 11.4 Å². The summed E-state index contributed by atoms with van der Waals surface area (Å²) in [6.45, 7) is 1.96. The van der Waals surface area contributed by atoms with Crippen LogP contribution in [-0.2, 0) is 4.79 Å². The van der Waals surface area contributed by atoms with Gasteiger partial charge in [-0.25, -0.2) is 0 Å². The van der Waals surface area contributed by atoms with Crippen LogP contribution in [0.1, 0.15) is 6.92 Å². The molecule has 0 amide bonds. The van der Waals surface area contributed by atoms with E-state index in [1.165, 1.54) is 0 Å². The van der Waals surface area contributed by atoms with Crippen molar-refractivity contribution >= 4 is 17.2 Å². The highest BCUT2D eigenvalue weighted by Crippen LogP contribution is 2.45. The number of carbonyl (C=O) groups excluding carboxylic acids is 1. The van der Waals surface area contributed by atoms with E-state index >= 15 is 0 Å². The van der Waals surface area contributed by atoms with Crippen LogP contribution in [0, 0.1) is 0 Å². The molecule has 0 atom stereocenters. The third-order valence-electron chi connectivity index (χ3n) is 2.91. The molecule has 2 aromatic rings. The van der Waals surface area contributed by atoms with E-state index in [2.05, 4.69) is 0 Å². The number of hydrogen-bond donors (Lipinski definition) is 0. The van der Waals surface area contributed by atoms with Gasteiger partial charge in [-0.2, -0.15) is 0 Å². The summed E-state index contributed by atoms with van der Waals surface area (Å²) in [7, 11) is 0. The lowest BCUT2D eigenvalue weighted by atomic mass is 10.1. The predicted molar refractivity (Wildman–Crippen MR) is 70.6 cm³/mol. The molecule has 0 saturated carbocycles. The number of Topliss-reactive ketones (excluding diaryl/α,β-unsaturated/α-hetero) is 1. The molecule has 2 aromatic carbocycles. The Morgan fingerprint density at radius 1 is 1.00 bits per heavy atom. The Labute approximate surface area is 106 Å². The quantitative estimate of drug-likeness (QED) is 0.803. The molecule has 90 valence electrons. The van der Waals surface area contributed by atoms with Crippen molar-refractivity contribution in [2.45, 2.75) is 6.92 Å². The third kappa shape index (κ3) is 1.74. The van der Waals surface area contributed by atoms with Gasteiger partial charge in [0.2, 0.25) is 0 Å². The molecule has 0 bridgehead atoms. The number of benzene rings is 2. The molecule has 18 heavy (non-hydrogen) atoms. The molecule has 3 heteroatoms. The standard InChI is InChI=1S/C15H13NO2/c1-11(17)10-16-12-6-2-4-8-14(12)18-15-9-5-3-7-13(15)16/h2-9H,10H2,1H3. The van der Waals surface area contributed by atoms with Gasteiger partial charge in [0.25, 0.3) is 0 Å². The molecule has 0 aliphatic carbocycles. The second-order valence-electron chi connectivity index (χ2n) is 4.33. The van der Waals surface area contributed by atoms with E-state index in [0.717, 1.165) is 22.9 Å². The summed E-state index contributed by atoms with van der Waals surface area (Å²) < 4.78 is 5.84. The molecule has 1 heterocycles. The van der Waals surface area contributed by atoms with Gasteiger partial charge in [-0.15, -0.1) is 0 Å². The zero-order chi connectivity index (χ0) is 12.5. The minimum absolute atomic E-state index is 0.126. The molecule has 3 nitrogen and oxygen atoms in total. The maximum absolute atomic E-state index is 11.4. The number of anilines is 2. The number of ether oxygens (including phenoxy) is 1. The summed E-state index contributed by atoms with van der Waals surface area (Å²) in [4.78, 5) is 13.4. The maximum atomic E-state index is 11.4.